The quantitative estimate of drug-likeness (QED) is 0.558. The Kier molecular flexibility index (Phi) is 1.71. The fraction of sp³-hybridized carbons (Fsp3) is 1.00. The number of fused-ring (bicyclic) bond motifs is 2. The van der Waals surface area contributed by atoms with E-state index in [-0.39, 0.29) is 0 Å². The number of hydrogen-bond donors (Lipinski definition) is 0. The van der Waals surface area contributed by atoms with E-state index < -0.39 is 0 Å². The van der Waals surface area contributed by atoms with Gasteiger partial charge in [0, 0.05) is 12.1 Å². The summed E-state index contributed by atoms with van der Waals surface area (Å²) >= 11 is 0. The highest BCUT2D eigenvalue weighted by atomic mass is 15.2. The monoisotopic (exact) mass is 153 g/mol. The van der Waals surface area contributed by atoms with E-state index in [1.54, 1.807) is 0 Å². The summed E-state index contributed by atoms with van der Waals surface area (Å²) in [5.74, 6) is 1.93. The van der Waals surface area contributed by atoms with Gasteiger partial charge in [0.2, 0.25) is 0 Å². The normalized spacial score (nSPS) is 44.2. The second-order valence-electron chi connectivity index (χ2n) is 4.68. The van der Waals surface area contributed by atoms with Crippen molar-refractivity contribution in [2.24, 2.45) is 11.8 Å². The van der Waals surface area contributed by atoms with Crippen LogP contribution in [0.3, 0.4) is 0 Å². The minimum absolute atomic E-state index is 0.911. The van der Waals surface area contributed by atoms with E-state index in [4.69, 9.17) is 0 Å². The SMILES string of the molecule is CC(C)C1CC2CC(C1)N2C. The number of piperidine rings is 1. The van der Waals surface area contributed by atoms with Crippen molar-refractivity contribution in [2.75, 3.05) is 7.05 Å². The van der Waals surface area contributed by atoms with Crippen molar-refractivity contribution in [3.8, 4) is 0 Å². The molecule has 2 bridgehead atoms. The molecular formula is C10H19N. The van der Waals surface area contributed by atoms with Gasteiger partial charge in [-0.25, -0.2) is 0 Å². The molecule has 3 fully saturated rings. The first-order valence-electron chi connectivity index (χ1n) is 4.90. The third-order valence-corrected chi connectivity index (χ3v) is 3.79. The van der Waals surface area contributed by atoms with Gasteiger partial charge >= 0.3 is 0 Å². The molecule has 2 heterocycles. The van der Waals surface area contributed by atoms with Crippen LogP contribution in [0.2, 0.25) is 0 Å². The van der Waals surface area contributed by atoms with Crippen molar-refractivity contribution < 1.29 is 0 Å². The molecule has 1 nitrogen and oxygen atoms in total. The zero-order valence-corrected chi connectivity index (χ0v) is 7.88. The van der Waals surface area contributed by atoms with E-state index in [1.165, 1.54) is 19.3 Å². The van der Waals surface area contributed by atoms with Crippen molar-refractivity contribution in [3.63, 3.8) is 0 Å². The molecule has 1 saturated carbocycles. The standard InChI is InChI=1S/C10H19N/c1-7(2)8-4-9-6-10(5-8)11(9)3/h7-10H,4-6H2,1-3H3. The molecule has 0 aromatic carbocycles. The van der Waals surface area contributed by atoms with E-state index in [1.807, 2.05) is 0 Å². The first-order chi connectivity index (χ1) is 5.18. The molecule has 64 valence electrons. The highest BCUT2D eigenvalue weighted by Crippen LogP contribution is 2.42. The first kappa shape index (κ1) is 7.60. The van der Waals surface area contributed by atoms with Gasteiger partial charge in [0.15, 0.2) is 0 Å². The fourth-order valence-electron chi connectivity index (χ4n) is 2.67. The summed E-state index contributed by atoms with van der Waals surface area (Å²) in [6, 6.07) is 1.89. The van der Waals surface area contributed by atoms with Gasteiger partial charge in [-0.05, 0) is 38.1 Å². The van der Waals surface area contributed by atoms with Crippen molar-refractivity contribution in [2.45, 2.75) is 45.2 Å². The second-order valence-corrected chi connectivity index (χ2v) is 4.68. The topological polar surface area (TPSA) is 3.24 Å². The second kappa shape index (κ2) is 2.48. The molecule has 0 N–H and O–H groups in total. The lowest BCUT2D eigenvalue weighted by Gasteiger charge is -2.54. The molecule has 2 saturated heterocycles. The van der Waals surface area contributed by atoms with Crippen LogP contribution >= 0.6 is 0 Å². The maximum Gasteiger partial charge on any atom is 0.0113 e. The largest absolute Gasteiger partial charge is 0.300 e. The average molecular weight is 153 g/mol. The van der Waals surface area contributed by atoms with Crippen LogP contribution < -0.4 is 0 Å². The van der Waals surface area contributed by atoms with E-state index in [2.05, 4.69) is 25.8 Å². The lowest BCUT2D eigenvalue weighted by molar-refractivity contribution is -0.0406. The van der Waals surface area contributed by atoms with E-state index >= 15 is 0 Å². The summed E-state index contributed by atoms with van der Waals surface area (Å²) in [5, 5.41) is 0. The van der Waals surface area contributed by atoms with Gasteiger partial charge in [-0.3, -0.25) is 0 Å². The Balaban J connectivity index is 1.94. The van der Waals surface area contributed by atoms with Crippen LogP contribution in [0.15, 0.2) is 0 Å². The van der Waals surface area contributed by atoms with Crippen LogP contribution in [0.4, 0.5) is 0 Å². The molecule has 0 amide bonds. The first-order valence-corrected chi connectivity index (χ1v) is 4.90. The van der Waals surface area contributed by atoms with Gasteiger partial charge in [0.1, 0.15) is 0 Å². The Morgan fingerprint density at radius 1 is 1.09 bits per heavy atom. The molecule has 2 aliphatic heterocycles. The van der Waals surface area contributed by atoms with Crippen molar-refractivity contribution in [1.82, 2.24) is 4.90 Å². The fourth-order valence-corrected chi connectivity index (χ4v) is 2.67. The molecule has 1 aliphatic carbocycles. The van der Waals surface area contributed by atoms with Crippen LogP contribution in [0.1, 0.15) is 33.1 Å². The molecule has 0 aromatic heterocycles. The minimum Gasteiger partial charge on any atom is -0.300 e. The van der Waals surface area contributed by atoms with Crippen LogP contribution in [0, 0.1) is 11.8 Å². The number of nitrogens with zero attached hydrogens (tertiary/aromatic N) is 1. The minimum atomic E-state index is 0.911. The third-order valence-electron chi connectivity index (χ3n) is 3.79. The highest BCUT2D eigenvalue weighted by Gasteiger charge is 2.43. The lowest BCUT2D eigenvalue weighted by atomic mass is 9.70. The van der Waals surface area contributed by atoms with E-state index in [0.717, 1.165) is 23.9 Å². The van der Waals surface area contributed by atoms with Crippen LogP contribution in [-0.4, -0.2) is 24.0 Å². The van der Waals surface area contributed by atoms with Crippen molar-refractivity contribution in [3.05, 3.63) is 0 Å². The smallest absolute Gasteiger partial charge is 0.0113 e. The average Bonchev–Trinajstić information content (AvgIpc) is 2.03. The Hall–Kier alpha value is -0.0400. The molecule has 3 rings (SSSR count). The molecule has 11 heavy (non-hydrogen) atoms. The summed E-state index contributed by atoms with van der Waals surface area (Å²) in [5.41, 5.74) is 0. The predicted octanol–water partition coefficient (Wildman–Crippen LogP) is 2.13. The van der Waals surface area contributed by atoms with Gasteiger partial charge in [-0.2, -0.15) is 0 Å². The third kappa shape index (κ3) is 1.10. The zero-order chi connectivity index (χ0) is 8.01. The molecule has 0 radical (unpaired) electrons. The number of rotatable bonds is 1. The van der Waals surface area contributed by atoms with Gasteiger partial charge in [0.05, 0.1) is 0 Å². The summed E-state index contributed by atoms with van der Waals surface area (Å²) in [6.45, 7) is 4.74. The molecular weight excluding hydrogens is 134 g/mol. The Bertz CT molecular complexity index is 141. The Morgan fingerprint density at radius 3 is 2.00 bits per heavy atom. The van der Waals surface area contributed by atoms with E-state index in [9.17, 15) is 0 Å². The summed E-state index contributed by atoms with van der Waals surface area (Å²) in [4.78, 5) is 2.57. The maximum atomic E-state index is 2.57. The van der Waals surface area contributed by atoms with Gasteiger partial charge in [0.25, 0.3) is 0 Å². The Labute approximate surface area is 69.8 Å². The molecule has 0 aromatic rings. The highest BCUT2D eigenvalue weighted by molar-refractivity contribution is 4.98. The maximum absolute atomic E-state index is 2.57. The molecule has 0 spiro atoms. The lowest BCUT2D eigenvalue weighted by Crippen LogP contribution is -2.59. The molecule has 2 unspecified atom stereocenters. The summed E-state index contributed by atoms with van der Waals surface area (Å²) in [7, 11) is 2.29. The summed E-state index contributed by atoms with van der Waals surface area (Å²) < 4.78 is 0. The van der Waals surface area contributed by atoms with Crippen LogP contribution in [0.5, 0.6) is 0 Å². The van der Waals surface area contributed by atoms with Crippen LogP contribution in [0.25, 0.3) is 0 Å². The molecule has 2 atom stereocenters. The molecule has 1 heteroatoms. The predicted molar refractivity (Wildman–Crippen MR) is 47.5 cm³/mol. The zero-order valence-electron chi connectivity index (χ0n) is 7.88. The van der Waals surface area contributed by atoms with Crippen LogP contribution in [-0.2, 0) is 0 Å². The summed E-state index contributed by atoms with van der Waals surface area (Å²) in [6.07, 6.45) is 4.41. The van der Waals surface area contributed by atoms with Gasteiger partial charge in [-0.15, -0.1) is 0 Å². The van der Waals surface area contributed by atoms with E-state index in [0.29, 0.717) is 0 Å². The van der Waals surface area contributed by atoms with Crippen molar-refractivity contribution >= 4 is 0 Å². The number of hydrogen-bond acceptors (Lipinski definition) is 1. The molecule has 3 aliphatic rings. The van der Waals surface area contributed by atoms with Gasteiger partial charge < -0.3 is 4.90 Å². The van der Waals surface area contributed by atoms with Crippen molar-refractivity contribution in [1.29, 1.82) is 0 Å². The van der Waals surface area contributed by atoms with Gasteiger partial charge in [-0.1, -0.05) is 13.8 Å². The Morgan fingerprint density at radius 2 is 1.64 bits per heavy atom.